The molecule has 0 radical (unpaired) electrons. The van der Waals surface area contributed by atoms with Crippen LogP contribution in [-0.2, 0) is 0 Å². The van der Waals surface area contributed by atoms with E-state index in [9.17, 15) is 0 Å². The lowest BCUT2D eigenvalue weighted by Gasteiger charge is -2.68. The molecular weight excluding hydrogens is 356 g/mol. The molecule has 2 atom stereocenters. The quantitative estimate of drug-likeness (QED) is 0.516. The van der Waals surface area contributed by atoms with Gasteiger partial charge in [0.15, 0.2) is 0 Å². The van der Waals surface area contributed by atoms with Gasteiger partial charge in [-0.05, 0) is 81.0 Å². The van der Waals surface area contributed by atoms with Crippen molar-refractivity contribution in [3.05, 3.63) is 0 Å². The molecular formula is C25H48N4. The van der Waals surface area contributed by atoms with Crippen LogP contribution in [0.4, 0.5) is 0 Å². The van der Waals surface area contributed by atoms with Crippen LogP contribution >= 0.6 is 0 Å². The Morgan fingerprint density at radius 1 is 0.517 bits per heavy atom. The first-order chi connectivity index (χ1) is 13.9. The van der Waals surface area contributed by atoms with Crippen LogP contribution in [0.2, 0.25) is 0 Å². The summed E-state index contributed by atoms with van der Waals surface area (Å²) in [5.74, 6) is 2.05. The normalized spacial score (nSPS) is 36.2. The molecule has 4 heteroatoms. The third kappa shape index (κ3) is 3.50. The van der Waals surface area contributed by atoms with Crippen molar-refractivity contribution in [3.8, 4) is 0 Å². The Morgan fingerprint density at radius 3 is 1.28 bits per heavy atom. The van der Waals surface area contributed by atoms with Gasteiger partial charge in [-0.25, -0.2) is 0 Å². The monoisotopic (exact) mass is 404 g/mol. The first-order valence-corrected chi connectivity index (χ1v) is 13.1. The van der Waals surface area contributed by atoms with Gasteiger partial charge in [-0.3, -0.25) is 0 Å². The van der Waals surface area contributed by atoms with Crippen molar-refractivity contribution in [2.45, 2.75) is 133 Å². The van der Waals surface area contributed by atoms with Gasteiger partial charge >= 0.3 is 0 Å². The van der Waals surface area contributed by atoms with Crippen LogP contribution in [-0.4, -0.2) is 17.2 Å². The molecule has 4 saturated carbocycles. The van der Waals surface area contributed by atoms with Crippen molar-refractivity contribution >= 4 is 0 Å². The van der Waals surface area contributed by atoms with Crippen LogP contribution in [0, 0.1) is 23.2 Å². The molecule has 0 amide bonds. The summed E-state index contributed by atoms with van der Waals surface area (Å²) in [6.07, 6.45) is 23.3. The summed E-state index contributed by atoms with van der Waals surface area (Å²) < 4.78 is 0. The van der Waals surface area contributed by atoms with Gasteiger partial charge in [0.1, 0.15) is 0 Å². The third-order valence-electron chi connectivity index (χ3n) is 10.1. The van der Waals surface area contributed by atoms with Crippen molar-refractivity contribution < 1.29 is 0 Å². The Hall–Kier alpha value is -0.160. The fourth-order valence-electron chi connectivity index (χ4n) is 8.81. The van der Waals surface area contributed by atoms with Crippen LogP contribution in [0.15, 0.2) is 0 Å². The Balaban J connectivity index is 1.87. The molecule has 2 unspecified atom stereocenters. The first-order valence-electron chi connectivity index (χ1n) is 13.1. The molecule has 8 N–H and O–H groups in total. The second-order valence-corrected chi connectivity index (χ2v) is 11.3. The summed E-state index contributed by atoms with van der Waals surface area (Å²) in [7, 11) is 0. The average molecular weight is 405 g/mol. The van der Waals surface area contributed by atoms with Crippen LogP contribution < -0.4 is 22.9 Å². The van der Waals surface area contributed by atoms with Crippen molar-refractivity contribution in [1.82, 2.24) is 0 Å². The molecule has 0 spiro atoms. The summed E-state index contributed by atoms with van der Waals surface area (Å²) >= 11 is 0. The molecule has 0 aliphatic heterocycles. The lowest BCUT2D eigenvalue weighted by molar-refractivity contribution is -0.149. The van der Waals surface area contributed by atoms with Gasteiger partial charge in [0.2, 0.25) is 0 Å². The smallest absolute Gasteiger partial charge is 0.0982 e. The molecule has 0 heterocycles. The second-order valence-electron chi connectivity index (χ2n) is 11.3. The highest BCUT2D eigenvalue weighted by Gasteiger charge is 2.67. The molecule has 4 aliphatic rings. The molecule has 4 rings (SSSR count). The van der Waals surface area contributed by atoms with Gasteiger partial charge in [0, 0.05) is 6.04 Å². The van der Waals surface area contributed by atoms with E-state index in [1.807, 2.05) is 0 Å². The zero-order valence-electron chi connectivity index (χ0n) is 18.8. The summed E-state index contributed by atoms with van der Waals surface area (Å²) in [5.41, 5.74) is 27.0. The molecule has 29 heavy (non-hydrogen) atoms. The third-order valence-corrected chi connectivity index (χ3v) is 10.1. The Kier molecular flexibility index (Phi) is 6.66. The Bertz CT molecular complexity index is 483. The predicted octanol–water partition coefficient (Wildman–Crippen LogP) is 4.54. The van der Waals surface area contributed by atoms with Gasteiger partial charge in [-0.15, -0.1) is 0 Å². The molecule has 4 fully saturated rings. The maximum absolute atomic E-state index is 7.67. The molecule has 168 valence electrons. The largest absolute Gasteiger partial charge is 0.325 e. The van der Waals surface area contributed by atoms with Gasteiger partial charge < -0.3 is 22.9 Å². The minimum Gasteiger partial charge on any atom is -0.325 e. The molecule has 4 aliphatic carbocycles. The maximum Gasteiger partial charge on any atom is 0.0982 e. The highest BCUT2D eigenvalue weighted by atomic mass is 15.1. The number of hydrogen-bond donors (Lipinski definition) is 4. The van der Waals surface area contributed by atoms with Crippen molar-refractivity contribution in [3.63, 3.8) is 0 Å². The van der Waals surface area contributed by atoms with E-state index in [-0.39, 0.29) is 11.5 Å². The molecule has 0 aromatic rings. The van der Waals surface area contributed by atoms with E-state index in [1.54, 1.807) is 0 Å². The van der Waals surface area contributed by atoms with Gasteiger partial charge in [-0.1, -0.05) is 57.8 Å². The summed E-state index contributed by atoms with van der Waals surface area (Å²) in [6.45, 7) is 0. The van der Waals surface area contributed by atoms with Crippen LogP contribution in [0.5, 0.6) is 0 Å². The van der Waals surface area contributed by atoms with Gasteiger partial charge in [-0.2, -0.15) is 0 Å². The van der Waals surface area contributed by atoms with Crippen LogP contribution in [0.25, 0.3) is 0 Å². The van der Waals surface area contributed by atoms with E-state index in [1.165, 1.54) is 96.3 Å². The fourth-order valence-corrected chi connectivity index (χ4v) is 8.81. The fraction of sp³-hybridized carbons (Fsp3) is 1.00. The molecule has 0 saturated heterocycles. The van der Waals surface area contributed by atoms with Crippen molar-refractivity contribution in [1.29, 1.82) is 0 Å². The average Bonchev–Trinajstić information content (AvgIpc) is 2.75. The van der Waals surface area contributed by atoms with E-state index >= 15 is 0 Å². The second kappa shape index (κ2) is 8.76. The predicted molar refractivity (Wildman–Crippen MR) is 122 cm³/mol. The van der Waals surface area contributed by atoms with E-state index in [0.29, 0.717) is 17.8 Å². The number of rotatable bonds is 4. The minimum atomic E-state index is -0.961. The highest BCUT2D eigenvalue weighted by Crippen LogP contribution is 2.64. The van der Waals surface area contributed by atoms with Gasteiger partial charge in [0.25, 0.3) is 0 Å². The van der Waals surface area contributed by atoms with Crippen molar-refractivity contribution in [2.75, 3.05) is 0 Å². The lowest BCUT2D eigenvalue weighted by atomic mass is 9.40. The topological polar surface area (TPSA) is 104 Å². The standard InChI is InChI=1S/C25H48N4/c26-22-17-10-18-23(27,25(22,28)29)24(19-11-4-1-5-12-19,20-13-6-2-7-14-20)21-15-8-3-9-16-21/h19-22H,1-18,26-29H2. The van der Waals surface area contributed by atoms with E-state index in [0.717, 1.165) is 19.3 Å². The van der Waals surface area contributed by atoms with Gasteiger partial charge in [0.05, 0.1) is 11.2 Å². The van der Waals surface area contributed by atoms with Crippen LogP contribution in [0.3, 0.4) is 0 Å². The highest BCUT2D eigenvalue weighted by molar-refractivity contribution is 5.24. The summed E-state index contributed by atoms with van der Waals surface area (Å²) in [6, 6.07) is -0.184. The number of hydrogen-bond acceptors (Lipinski definition) is 4. The zero-order chi connectivity index (χ0) is 20.5. The molecule has 0 aromatic heterocycles. The van der Waals surface area contributed by atoms with Crippen LogP contribution in [0.1, 0.15) is 116 Å². The minimum absolute atomic E-state index is 0.0792. The molecule has 0 bridgehead atoms. The first kappa shape index (κ1) is 22.0. The van der Waals surface area contributed by atoms with E-state index in [2.05, 4.69) is 0 Å². The SMILES string of the molecule is NC1CCCC(N)(C(C2CCCCC2)(C2CCCCC2)C2CCCCC2)C1(N)N. The van der Waals surface area contributed by atoms with Crippen molar-refractivity contribution in [2.24, 2.45) is 46.1 Å². The zero-order valence-corrected chi connectivity index (χ0v) is 18.8. The van der Waals surface area contributed by atoms with E-state index in [4.69, 9.17) is 22.9 Å². The summed E-state index contributed by atoms with van der Waals surface area (Å²) in [4.78, 5) is 0. The summed E-state index contributed by atoms with van der Waals surface area (Å²) in [5, 5.41) is 0. The number of nitrogens with two attached hydrogens (primary N) is 4. The Labute approximate surface area is 179 Å². The van der Waals surface area contributed by atoms with E-state index < -0.39 is 11.2 Å². The molecule has 4 nitrogen and oxygen atoms in total. The maximum atomic E-state index is 7.67. The molecule has 0 aromatic carbocycles. The lowest BCUT2D eigenvalue weighted by Crippen LogP contribution is -2.87. The Morgan fingerprint density at radius 2 is 0.897 bits per heavy atom.